The summed E-state index contributed by atoms with van der Waals surface area (Å²) in [4.78, 5) is 192. The van der Waals surface area contributed by atoms with Crippen molar-refractivity contribution in [2.24, 2.45) is 17.8 Å². The lowest BCUT2D eigenvalue weighted by atomic mass is 9.90. The lowest BCUT2D eigenvalue weighted by Crippen LogP contribution is -2.65. The van der Waals surface area contributed by atoms with Crippen LogP contribution in [0.1, 0.15) is 153 Å². The summed E-state index contributed by atoms with van der Waals surface area (Å²) in [5.41, 5.74) is -0.446. The lowest BCUT2D eigenvalue weighted by molar-refractivity contribution is -0.156. The van der Waals surface area contributed by atoms with Crippen LogP contribution in [0.3, 0.4) is 0 Å². The first-order valence-corrected chi connectivity index (χ1v) is 36.6. The van der Waals surface area contributed by atoms with E-state index in [1.54, 1.807) is 26.0 Å². The van der Waals surface area contributed by atoms with Gasteiger partial charge in [0.1, 0.15) is 53.9 Å². The fourth-order valence-electron chi connectivity index (χ4n) is 14.8. The molecule has 2 aliphatic carbocycles. The van der Waals surface area contributed by atoms with Gasteiger partial charge in [-0.15, -0.1) is 13.2 Å². The van der Waals surface area contributed by atoms with E-state index in [1.165, 1.54) is 97.9 Å². The average Bonchev–Trinajstić information content (AvgIpc) is 1.34. The Morgan fingerprint density at radius 1 is 0.721 bits per heavy atom. The maximum atomic E-state index is 15.6. The van der Waals surface area contributed by atoms with Crippen LogP contribution < -0.4 is 16.0 Å². The molecule has 3 N–H and O–H groups in total. The largest absolute Gasteiger partial charge is 0.417 e. The van der Waals surface area contributed by atoms with Crippen molar-refractivity contribution in [1.82, 2.24) is 60.0 Å². The first kappa shape index (κ1) is 84.6. The van der Waals surface area contributed by atoms with Crippen molar-refractivity contribution in [3.63, 3.8) is 0 Å². The summed E-state index contributed by atoms with van der Waals surface area (Å²) < 4.78 is 41.8. The van der Waals surface area contributed by atoms with Gasteiger partial charge in [0.05, 0.1) is 30.1 Å². The smallest absolute Gasteiger partial charge is 0.347 e. The summed E-state index contributed by atoms with van der Waals surface area (Å²) in [6.45, 7) is 17.2. The molecule has 0 aromatic heterocycles. The van der Waals surface area contributed by atoms with Gasteiger partial charge in [-0.05, 0) is 119 Å². The first-order valence-electron chi connectivity index (χ1n) is 36.2. The fourth-order valence-corrected chi connectivity index (χ4v) is 15.1. The van der Waals surface area contributed by atoms with Gasteiger partial charge >= 0.3 is 6.18 Å². The number of nitrogens with one attached hydrogen (secondary N) is 3. The van der Waals surface area contributed by atoms with Crippen LogP contribution in [0, 0.1) is 24.7 Å². The minimum Gasteiger partial charge on any atom is -0.347 e. The number of hydrogen-bond acceptors (Lipinski definition) is 12. The standard InChI is InChI=1S/C76H110ClF3N12O12/c1-17-37-91-60(42-51-29-27-48(7)28-30-51)70(100)85(11)44-61(93)81-55(34-32-50-31-33-53(54(77)41-50)76(78,79)80)68(98)92-38-23-26-56(92)67(97)83-75(35-21-22-36-75)74(104)90(16)65(52-24-19-20-25-52)73(103)89(15)59(69(99)84(9)10)43-62(94)87(13)57(39-46(3)4)66(96)82-64(49(8)18-2)72(102)86(12)45-63(95)88(14)58(71(91)101)40-47(5)6/h17,27-31,33,41,46,49,52,55-60,64-65H,1,5,18-26,32,34-40,42-45H2,2-4,6-16H3,(H,81,93)(H,82,96)(H,83,97)/t49-,55-,56-,57-,58-,59-,60-,64-,65-/m0/s1. The summed E-state index contributed by atoms with van der Waals surface area (Å²) in [6.07, 6.45) is 0.0869. The third-order valence-corrected chi connectivity index (χ3v) is 21.5. The number of likely N-dealkylation sites (N-methyl/N-ethyl adjacent to an activating group) is 7. The van der Waals surface area contributed by atoms with Gasteiger partial charge in [0, 0.05) is 75.9 Å². The number of benzene rings is 2. The molecule has 2 aromatic rings. The molecule has 104 heavy (non-hydrogen) atoms. The molecular formula is C76H110ClF3N12O12. The van der Waals surface area contributed by atoms with Gasteiger partial charge in [-0.25, -0.2) is 0 Å². The van der Waals surface area contributed by atoms with Crippen molar-refractivity contribution in [3.8, 4) is 0 Å². The van der Waals surface area contributed by atoms with Crippen LogP contribution in [0.2, 0.25) is 5.02 Å². The predicted molar refractivity (Wildman–Crippen MR) is 388 cm³/mol. The molecule has 2 aliphatic heterocycles. The van der Waals surface area contributed by atoms with Gasteiger partial charge in [-0.1, -0.05) is 119 Å². The molecule has 0 unspecified atom stereocenters. The summed E-state index contributed by atoms with van der Waals surface area (Å²) in [7, 11) is 11.3. The summed E-state index contributed by atoms with van der Waals surface area (Å²) in [6, 6.07) is -0.285. The van der Waals surface area contributed by atoms with Crippen LogP contribution in [-0.4, -0.2) is 251 Å². The first-order chi connectivity index (χ1) is 48.8. The zero-order chi connectivity index (χ0) is 77.6. The highest BCUT2D eigenvalue weighted by molar-refractivity contribution is 6.31. The number of hydrogen-bond donors (Lipinski definition) is 3. The quantitative estimate of drug-likeness (QED) is 0.160. The number of amides is 12. The van der Waals surface area contributed by atoms with E-state index in [4.69, 9.17) is 11.6 Å². The van der Waals surface area contributed by atoms with Crippen LogP contribution in [0.5, 0.6) is 0 Å². The van der Waals surface area contributed by atoms with Crippen molar-refractivity contribution in [2.45, 2.75) is 211 Å². The Balaban J connectivity index is 1.49. The van der Waals surface area contributed by atoms with Crippen molar-refractivity contribution < 1.29 is 70.7 Å². The zero-order valence-electron chi connectivity index (χ0n) is 63.2. The van der Waals surface area contributed by atoms with Gasteiger partial charge in [-0.2, -0.15) is 13.2 Å². The molecule has 0 bridgehead atoms. The molecule has 2 aromatic carbocycles. The van der Waals surface area contributed by atoms with Gasteiger partial charge in [0.15, 0.2) is 0 Å². The molecule has 4 fully saturated rings. The number of fused-ring (bicyclic) bond motifs is 1. The SMILES string of the molecule is C=CCN1C(=O)[C@H](CC(=C)C)N(C)C(=O)CN(C)C(=O)[C@H]([C@@H](C)CC)NC(=O)[C@H](CC(C)C)N(C)C(=O)C[C@@H](C(=O)N(C)C)N(C)C(=O)[C@H](C2CCCC2)N(C)C(=O)C2(CCCC2)NC(=O)[C@@H]2CCCN2C(=O)[C@H](CCc2ccc(C(F)(F)F)c(Cl)c2)NC(=O)CN(C)C(=O)[C@@H]1Cc1ccc(C)cc1. The normalized spacial score (nSPS) is 24.9. The third-order valence-electron chi connectivity index (χ3n) is 21.2. The molecule has 2 saturated carbocycles. The Bertz CT molecular complexity index is 3490. The molecule has 9 atom stereocenters. The number of carbonyl (C=O) groups is 12. The van der Waals surface area contributed by atoms with E-state index in [0.717, 1.165) is 45.2 Å². The Labute approximate surface area is 616 Å². The van der Waals surface area contributed by atoms with E-state index in [1.807, 2.05) is 39.8 Å². The second-order valence-corrected chi connectivity index (χ2v) is 30.2. The molecule has 6 rings (SSSR count). The van der Waals surface area contributed by atoms with E-state index in [-0.39, 0.29) is 75.9 Å². The van der Waals surface area contributed by atoms with Gasteiger partial charge in [0.2, 0.25) is 70.9 Å². The summed E-state index contributed by atoms with van der Waals surface area (Å²) in [5, 5.41) is 8.10. The molecule has 4 aliphatic rings. The third kappa shape index (κ3) is 21.0. The van der Waals surface area contributed by atoms with Crippen LogP contribution in [0.4, 0.5) is 13.2 Å². The molecule has 2 heterocycles. The number of nitrogens with zero attached hydrogens (tertiary/aromatic N) is 9. The van der Waals surface area contributed by atoms with Crippen LogP contribution >= 0.6 is 11.6 Å². The summed E-state index contributed by atoms with van der Waals surface area (Å²) in [5.74, 6) is -9.63. The lowest BCUT2D eigenvalue weighted by Gasteiger charge is -2.42. The summed E-state index contributed by atoms with van der Waals surface area (Å²) >= 11 is 6.18. The Hall–Kier alpha value is -8.36. The van der Waals surface area contributed by atoms with E-state index < -0.39 is 173 Å². The number of carbonyl (C=O) groups excluding carboxylic acids is 12. The van der Waals surface area contributed by atoms with Crippen LogP contribution in [0.15, 0.2) is 67.3 Å². The Morgan fingerprint density at radius 3 is 1.89 bits per heavy atom. The molecule has 12 amide bonds. The highest BCUT2D eigenvalue weighted by atomic mass is 35.5. The molecular weight excluding hydrogens is 1370 g/mol. The molecule has 28 heteroatoms. The van der Waals surface area contributed by atoms with E-state index in [0.29, 0.717) is 49.7 Å². The molecule has 2 saturated heterocycles. The Morgan fingerprint density at radius 2 is 1.33 bits per heavy atom. The van der Waals surface area contributed by atoms with E-state index >= 15 is 28.8 Å². The highest BCUT2D eigenvalue weighted by Gasteiger charge is 2.52. The molecule has 1 spiro atoms. The van der Waals surface area contributed by atoms with Gasteiger partial charge < -0.3 is 60.0 Å². The number of rotatable bonds is 15. The Kier molecular flexibility index (Phi) is 30.1. The average molecular weight is 1480 g/mol. The maximum absolute atomic E-state index is 15.6. The number of alkyl halides is 3. The van der Waals surface area contributed by atoms with E-state index in [9.17, 15) is 41.9 Å². The minimum absolute atomic E-state index is 0.00444. The topological polar surface area (TPSA) is 270 Å². The fraction of sp³-hybridized carbons (Fsp3) is 0.632. The van der Waals surface area contributed by atoms with Gasteiger partial charge in [0.25, 0.3) is 0 Å². The number of halogens is 4. The van der Waals surface area contributed by atoms with Crippen molar-refractivity contribution in [2.75, 3.05) is 82.6 Å². The van der Waals surface area contributed by atoms with Crippen molar-refractivity contribution >= 4 is 82.5 Å². The van der Waals surface area contributed by atoms with Crippen molar-refractivity contribution in [3.05, 3.63) is 94.5 Å². The molecule has 574 valence electrons. The molecule has 24 nitrogen and oxygen atoms in total. The maximum Gasteiger partial charge on any atom is 0.417 e. The predicted octanol–water partition coefficient (Wildman–Crippen LogP) is 6.58. The minimum atomic E-state index is -4.78. The van der Waals surface area contributed by atoms with Crippen LogP contribution in [0.25, 0.3) is 0 Å². The second kappa shape index (κ2) is 37.1. The zero-order valence-corrected chi connectivity index (χ0v) is 63.9. The molecule has 0 radical (unpaired) electrons. The van der Waals surface area contributed by atoms with Gasteiger partial charge in [-0.3, -0.25) is 57.5 Å². The second-order valence-electron chi connectivity index (χ2n) is 29.8. The van der Waals surface area contributed by atoms with Crippen LogP contribution in [-0.2, 0) is 76.6 Å². The van der Waals surface area contributed by atoms with Crippen molar-refractivity contribution in [1.29, 1.82) is 0 Å². The monoisotopic (exact) mass is 1470 g/mol. The number of aryl methyl sites for hydroxylation is 2. The van der Waals surface area contributed by atoms with E-state index in [2.05, 4.69) is 29.1 Å². The highest BCUT2D eigenvalue weighted by Crippen LogP contribution is 2.38.